The van der Waals surface area contributed by atoms with Crippen LogP contribution in [0.5, 0.6) is 0 Å². The summed E-state index contributed by atoms with van der Waals surface area (Å²) in [6, 6.07) is 12.0. The number of nitrogens with zero attached hydrogens (tertiary/aromatic N) is 4. The molecule has 0 unspecified atom stereocenters. The summed E-state index contributed by atoms with van der Waals surface area (Å²) >= 11 is 6.29. The van der Waals surface area contributed by atoms with Gasteiger partial charge < -0.3 is 5.32 Å². The Balaban J connectivity index is 1.64. The first-order valence-corrected chi connectivity index (χ1v) is 9.44. The molecule has 3 aromatic rings. The fourth-order valence-corrected chi connectivity index (χ4v) is 3.49. The molecule has 6 nitrogen and oxygen atoms in total. The van der Waals surface area contributed by atoms with Crippen LogP contribution >= 0.6 is 11.6 Å². The van der Waals surface area contributed by atoms with Gasteiger partial charge in [0.05, 0.1) is 22.9 Å². The third-order valence-corrected chi connectivity index (χ3v) is 5.11. The molecule has 0 saturated heterocycles. The fourth-order valence-electron chi connectivity index (χ4n) is 3.12. The van der Waals surface area contributed by atoms with Crippen molar-refractivity contribution in [3.63, 3.8) is 0 Å². The van der Waals surface area contributed by atoms with Gasteiger partial charge in [0.2, 0.25) is 5.91 Å². The first-order valence-electron chi connectivity index (χ1n) is 9.07. The highest BCUT2D eigenvalue weighted by Gasteiger charge is 2.17. The summed E-state index contributed by atoms with van der Waals surface area (Å²) in [5, 5.41) is 7.63. The Labute approximate surface area is 170 Å². The minimum atomic E-state index is -0.0950. The number of rotatable bonds is 6. The first-order chi connectivity index (χ1) is 13.3. The first kappa shape index (κ1) is 20.0. The molecular weight excluding hydrogens is 374 g/mol. The number of nitrogens with one attached hydrogen (secondary N) is 1. The summed E-state index contributed by atoms with van der Waals surface area (Å²) in [6.45, 7) is 6.25. The lowest BCUT2D eigenvalue weighted by atomic mass is 10.1. The lowest BCUT2D eigenvalue weighted by Gasteiger charge is -2.25. The van der Waals surface area contributed by atoms with Crippen molar-refractivity contribution in [2.75, 3.05) is 18.9 Å². The summed E-state index contributed by atoms with van der Waals surface area (Å²) in [6.07, 6.45) is 3.16. The van der Waals surface area contributed by atoms with E-state index in [0.717, 1.165) is 22.4 Å². The molecule has 3 rings (SSSR count). The van der Waals surface area contributed by atoms with E-state index in [9.17, 15) is 4.79 Å². The summed E-state index contributed by atoms with van der Waals surface area (Å²) in [4.78, 5) is 18.5. The molecule has 0 saturated carbocycles. The van der Waals surface area contributed by atoms with Gasteiger partial charge in [0, 0.05) is 6.04 Å². The Morgan fingerprint density at radius 1 is 1.25 bits per heavy atom. The number of benzene rings is 2. The monoisotopic (exact) mass is 397 g/mol. The van der Waals surface area contributed by atoms with Crippen LogP contribution in [0.3, 0.4) is 0 Å². The van der Waals surface area contributed by atoms with E-state index >= 15 is 0 Å². The molecule has 0 radical (unpaired) electrons. The van der Waals surface area contributed by atoms with E-state index in [1.165, 1.54) is 6.33 Å². The van der Waals surface area contributed by atoms with Gasteiger partial charge in [-0.05, 0) is 62.7 Å². The van der Waals surface area contributed by atoms with E-state index < -0.39 is 0 Å². The van der Waals surface area contributed by atoms with Gasteiger partial charge >= 0.3 is 0 Å². The SMILES string of the molecule is Cc1cc(C)c(NC(=O)CN(C)[C@H](C)c2ccc(-n3cncn3)cc2)c(Cl)c1. The number of likely N-dealkylation sites (N-methyl/N-ethyl adjacent to an activating group) is 1. The Hall–Kier alpha value is -2.70. The molecule has 0 aliphatic carbocycles. The Morgan fingerprint density at radius 2 is 1.96 bits per heavy atom. The molecule has 0 fully saturated rings. The van der Waals surface area contributed by atoms with Gasteiger partial charge in [0.25, 0.3) is 0 Å². The van der Waals surface area contributed by atoms with E-state index in [-0.39, 0.29) is 18.5 Å². The zero-order valence-corrected chi connectivity index (χ0v) is 17.2. The van der Waals surface area contributed by atoms with E-state index in [1.807, 2.05) is 62.2 Å². The number of amides is 1. The Morgan fingerprint density at radius 3 is 2.57 bits per heavy atom. The Bertz CT molecular complexity index is 930. The van der Waals surface area contributed by atoms with Crippen LogP contribution in [0.15, 0.2) is 49.1 Å². The highest BCUT2D eigenvalue weighted by atomic mass is 35.5. The third kappa shape index (κ3) is 4.58. The topological polar surface area (TPSA) is 63.1 Å². The highest BCUT2D eigenvalue weighted by molar-refractivity contribution is 6.34. The number of hydrogen-bond donors (Lipinski definition) is 1. The molecule has 1 N–H and O–H groups in total. The largest absolute Gasteiger partial charge is 0.323 e. The molecule has 0 aliphatic heterocycles. The summed E-state index contributed by atoms with van der Waals surface area (Å²) in [5.74, 6) is -0.0950. The number of hydrogen-bond acceptors (Lipinski definition) is 4. The van der Waals surface area contributed by atoms with Crippen molar-refractivity contribution in [3.05, 3.63) is 70.8 Å². The van der Waals surface area contributed by atoms with E-state index in [1.54, 1.807) is 11.0 Å². The van der Waals surface area contributed by atoms with Crippen molar-refractivity contribution in [1.29, 1.82) is 0 Å². The molecule has 0 spiro atoms. The van der Waals surface area contributed by atoms with Gasteiger partial charge in [0.15, 0.2) is 0 Å². The third-order valence-electron chi connectivity index (χ3n) is 4.81. The molecule has 2 aromatic carbocycles. The van der Waals surface area contributed by atoms with Crippen LogP contribution in [0.25, 0.3) is 5.69 Å². The van der Waals surface area contributed by atoms with Crippen LogP contribution in [-0.4, -0.2) is 39.2 Å². The standard InChI is InChI=1S/C21H24ClN5O/c1-14-9-15(2)21(19(22)10-14)25-20(28)11-26(4)16(3)17-5-7-18(8-6-17)27-13-23-12-24-27/h5-10,12-13,16H,11H2,1-4H3,(H,25,28)/t16-/m1/s1. The van der Waals surface area contributed by atoms with Gasteiger partial charge in [-0.25, -0.2) is 9.67 Å². The van der Waals surface area contributed by atoms with Crippen molar-refractivity contribution in [1.82, 2.24) is 19.7 Å². The summed E-state index contributed by atoms with van der Waals surface area (Å²) in [5.41, 5.74) is 4.76. The van der Waals surface area contributed by atoms with Crippen LogP contribution < -0.4 is 5.32 Å². The fraction of sp³-hybridized carbons (Fsp3) is 0.286. The molecule has 146 valence electrons. The maximum atomic E-state index is 12.5. The highest BCUT2D eigenvalue weighted by Crippen LogP contribution is 2.27. The molecular formula is C21H24ClN5O. The number of halogens is 1. The van der Waals surface area contributed by atoms with Crippen molar-refractivity contribution in [2.24, 2.45) is 0 Å². The molecule has 1 heterocycles. The maximum absolute atomic E-state index is 12.5. The minimum Gasteiger partial charge on any atom is -0.323 e. The minimum absolute atomic E-state index is 0.0742. The van der Waals surface area contributed by atoms with Crippen LogP contribution in [0, 0.1) is 13.8 Å². The van der Waals surface area contributed by atoms with Crippen LogP contribution in [0.2, 0.25) is 5.02 Å². The number of aromatic nitrogens is 3. The van der Waals surface area contributed by atoms with Crippen LogP contribution in [0.1, 0.15) is 29.7 Å². The number of aryl methyl sites for hydroxylation is 2. The molecule has 1 atom stereocenters. The molecule has 1 aromatic heterocycles. The second kappa shape index (κ2) is 8.54. The zero-order valence-electron chi connectivity index (χ0n) is 16.5. The Kier molecular flexibility index (Phi) is 6.11. The maximum Gasteiger partial charge on any atom is 0.238 e. The van der Waals surface area contributed by atoms with Gasteiger partial charge in [0.1, 0.15) is 12.7 Å². The van der Waals surface area contributed by atoms with Gasteiger partial charge in [-0.3, -0.25) is 9.69 Å². The summed E-state index contributed by atoms with van der Waals surface area (Å²) in [7, 11) is 1.93. The molecule has 0 bridgehead atoms. The second-order valence-corrected chi connectivity index (χ2v) is 7.42. The average Bonchev–Trinajstić information content (AvgIpc) is 3.19. The normalized spacial score (nSPS) is 12.2. The molecule has 28 heavy (non-hydrogen) atoms. The molecule has 1 amide bonds. The van der Waals surface area contributed by atoms with Gasteiger partial charge in [-0.15, -0.1) is 0 Å². The second-order valence-electron chi connectivity index (χ2n) is 7.01. The van der Waals surface area contributed by atoms with E-state index in [2.05, 4.69) is 22.3 Å². The van der Waals surface area contributed by atoms with Crippen molar-refractivity contribution in [3.8, 4) is 5.69 Å². The van der Waals surface area contributed by atoms with Crippen molar-refractivity contribution >= 4 is 23.2 Å². The van der Waals surface area contributed by atoms with E-state index in [0.29, 0.717) is 10.7 Å². The number of anilines is 1. The number of carbonyl (C=O) groups is 1. The molecule has 7 heteroatoms. The van der Waals surface area contributed by atoms with E-state index in [4.69, 9.17) is 11.6 Å². The average molecular weight is 398 g/mol. The smallest absolute Gasteiger partial charge is 0.238 e. The molecule has 0 aliphatic rings. The van der Waals surface area contributed by atoms with Crippen molar-refractivity contribution < 1.29 is 4.79 Å². The quantitative estimate of drug-likeness (QED) is 0.678. The predicted molar refractivity (Wildman–Crippen MR) is 112 cm³/mol. The van der Waals surface area contributed by atoms with Gasteiger partial charge in [-0.2, -0.15) is 5.10 Å². The lowest BCUT2D eigenvalue weighted by Crippen LogP contribution is -2.32. The summed E-state index contributed by atoms with van der Waals surface area (Å²) < 4.78 is 1.71. The zero-order chi connectivity index (χ0) is 20.3. The predicted octanol–water partition coefficient (Wildman–Crippen LogP) is 4.17. The van der Waals surface area contributed by atoms with Gasteiger partial charge in [-0.1, -0.05) is 29.8 Å². The van der Waals surface area contributed by atoms with Crippen molar-refractivity contribution in [2.45, 2.75) is 26.8 Å². The lowest BCUT2D eigenvalue weighted by molar-refractivity contribution is -0.117. The number of carbonyl (C=O) groups excluding carboxylic acids is 1. The van der Waals surface area contributed by atoms with Crippen LogP contribution in [-0.2, 0) is 4.79 Å². The van der Waals surface area contributed by atoms with Crippen LogP contribution in [0.4, 0.5) is 5.69 Å².